The van der Waals surface area contributed by atoms with E-state index in [0.717, 1.165) is 6.42 Å². The fourth-order valence-electron chi connectivity index (χ4n) is 1.26. The molecule has 0 rings (SSSR count). The number of amides is 1. The van der Waals surface area contributed by atoms with Crippen molar-refractivity contribution in [2.75, 3.05) is 24.7 Å². The molecule has 19 heavy (non-hydrogen) atoms. The number of carboxylic acid groups (broad SMARTS) is 1. The maximum atomic E-state index is 11.7. The number of hydrogen-bond acceptors (Lipinski definition) is 4. The van der Waals surface area contributed by atoms with Gasteiger partial charge in [0.05, 0.1) is 12.4 Å². The van der Waals surface area contributed by atoms with Crippen LogP contribution in [0.2, 0.25) is 0 Å². The topological polar surface area (TPSA) is 92.7 Å². The molecule has 0 aromatic carbocycles. The highest BCUT2D eigenvalue weighted by Crippen LogP contribution is 1.99. The lowest BCUT2D eigenvalue weighted by Crippen LogP contribution is -2.43. The maximum Gasteiger partial charge on any atom is 0.327 e. The molecule has 1 amide bonds. The molecule has 0 saturated carbocycles. The zero-order valence-corrected chi connectivity index (χ0v) is 12.5. The number of carbonyl (C=O) groups is 2. The van der Waals surface area contributed by atoms with E-state index < -0.39 is 28.7 Å². The number of carbonyl (C=O) groups excluding carboxylic acids is 1. The first-order chi connectivity index (χ1) is 8.82. The van der Waals surface area contributed by atoms with Crippen molar-refractivity contribution < 1.29 is 23.6 Å². The Morgan fingerprint density at radius 2 is 1.95 bits per heavy atom. The summed E-state index contributed by atoms with van der Waals surface area (Å²) < 4.78 is 17.0. The number of aliphatic carboxylic acids is 1. The van der Waals surface area contributed by atoms with Crippen molar-refractivity contribution in [3.63, 3.8) is 0 Å². The van der Waals surface area contributed by atoms with Crippen LogP contribution in [0.4, 0.5) is 0 Å². The van der Waals surface area contributed by atoms with Crippen LogP contribution in [-0.4, -0.2) is 52.0 Å². The molecule has 6 nitrogen and oxygen atoms in total. The number of carboxylic acids is 1. The lowest BCUT2D eigenvalue weighted by Gasteiger charge is -2.13. The van der Waals surface area contributed by atoms with Crippen LogP contribution in [-0.2, 0) is 25.1 Å². The van der Waals surface area contributed by atoms with Gasteiger partial charge in [0.1, 0.15) is 6.04 Å². The zero-order chi connectivity index (χ0) is 14.8. The fraction of sp³-hybridized carbons (Fsp3) is 0.833. The van der Waals surface area contributed by atoms with Crippen LogP contribution in [0.1, 0.15) is 27.2 Å². The first kappa shape index (κ1) is 18.0. The van der Waals surface area contributed by atoms with Crippen LogP contribution in [0.25, 0.3) is 0 Å². The first-order valence-corrected chi connectivity index (χ1v) is 7.74. The molecular formula is C12H23NO5S. The molecule has 0 fully saturated rings. The summed E-state index contributed by atoms with van der Waals surface area (Å²) in [7, 11) is -1.32. The Morgan fingerprint density at radius 1 is 1.32 bits per heavy atom. The predicted molar refractivity (Wildman–Crippen MR) is 73.4 cm³/mol. The number of ether oxygens (including phenoxy) is 1. The molecule has 2 atom stereocenters. The molecule has 0 aliphatic rings. The monoisotopic (exact) mass is 293 g/mol. The molecule has 0 spiro atoms. The Morgan fingerprint density at radius 3 is 2.42 bits per heavy atom. The van der Waals surface area contributed by atoms with E-state index in [2.05, 4.69) is 19.2 Å². The van der Waals surface area contributed by atoms with Gasteiger partial charge in [-0.3, -0.25) is 9.00 Å². The smallest absolute Gasteiger partial charge is 0.327 e. The third-order valence-electron chi connectivity index (χ3n) is 2.32. The van der Waals surface area contributed by atoms with Gasteiger partial charge in [0, 0.05) is 30.1 Å². The molecule has 0 radical (unpaired) electrons. The number of nitrogens with one attached hydrogen (secondary N) is 1. The van der Waals surface area contributed by atoms with E-state index in [9.17, 15) is 13.8 Å². The second-order valence-electron chi connectivity index (χ2n) is 4.70. The third kappa shape index (κ3) is 10.6. The molecule has 7 heteroatoms. The van der Waals surface area contributed by atoms with E-state index in [4.69, 9.17) is 9.84 Å². The standard InChI is InChI=1S/C12H23NO5S/c1-9(2)4-5-18-6-7-19(17)8-11(12(15)16)13-10(3)14/h9,11H,4-8H2,1-3H3,(H,13,14)(H,15,16)/t11-,19?/m0/s1. The average molecular weight is 293 g/mol. The lowest BCUT2D eigenvalue weighted by atomic mass is 10.1. The summed E-state index contributed by atoms with van der Waals surface area (Å²) in [4.78, 5) is 21.6. The Hall–Kier alpha value is -0.950. The second-order valence-corrected chi connectivity index (χ2v) is 6.32. The minimum absolute atomic E-state index is 0.0948. The van der Waals surface area contributed by atoms with Crippen LogP contribution in [0.3, 0.4) is 0 Å². The van der Waals surface area contributed by atoms with Gasteiger partial charge >= 0.3 is 5.97 Å². The number of rotatable bonds is 10. The highest BCUT2D eigenvalue weighted by molar-refractivity contribution is 7.85. The van der Waals surface area contributed by atoms with E-state index in [1.54, 1.807) is 0 Å². The summed E-state index contributed by atoms with van der Waals surface area (Å²) in [5, 5.41) is 11.1. The Balaban J connectivity index is 3.87. The van der Waals surface area contributed by atoms with Gasteiger partial charge in [-0.1, -0.05) is 13.8 Å². The Labute approximate surface area is 116 Å². The first-order valence-electron chi connectivity index (χ1n) is 6.25. The molecule has 0 aromatic heterocycles. The van der Waals surface area contributed by atoms with Crippen LogP contribution < -0.4 is 5.32 Å². The predicted octanol–water partition coefficient (Wildman–Crippen LogP) is 0.387. The van der Waals surface area contributed by atoms with Crippen molar-refractivity contribution in [2.24, 2.45) is 5.92 Å². The SMILES string of the molecule is CC(=O)N[C@@H](CS(=O)CCOCCC(C)C)C(=O)O. The third-order valence-corrected chi connectivity index (χ3v) is 3.65. The van der Waals surface area contributed by atoms with Gasteiger partial charge in [-0.2, -0.15) is 0 Å². The van der Waals surface area contributed by atoms with Crippen molar-refractivity contribution in [2.45, 2.75) is 33.2 Å². The normalized spacial score (nSPS) is 14.1. The van der Waals surface area contributed by atoms with E-state index in [0.29, 0.717) is 19.1 Å². The van der Waals surface area contributed by atoms with Gasteiger partial charge in [-0.05, 0) is 12.3 Å². The van der Waals surface area contributed by atoms with Crippen LogP contribution >= 0.6 is 0 Å². The summed E-state index contributed by atoms with van der Waals surface area (Å²) in [6.45, 7) is 6.36. The van der Waals surface area contributed by atoms with Crippen molar-refractivity contribution in [1.29, 1.82) is 0 Å². The minimum atomic E-state index is -1.32. The highest BCUT2D eigenvalue weighted by Gasteiger charge is 2.20. The second kappa shape index (κ2) is 9.91. The molecule has 0 aliphatic carbocycles. The van der Waals surface area contributed by atoms with Gasteiger partial charge in [0.15, 0.2) is 0 Å². The largest absolute Gasteiger partial charge is 0.480 e. The maximum absolute atomic E-state index is 11.7. The van der Waals surface area contributed by atoms with E-state index in [-0.39, 0.29) is 11.5 Å². The Kier molecular flexibility index (Phi) is 9.42. The molecule has 0 aromatic rings. The molecule has 0 saturated heterocycles. The summed E-state index contributed by atoms with van der Waals surface area (Å²) in [6, 6.07) is -1.10. The van der Waals surface area contributed by atoms with Gasteiger partial charge in [0.25, 0.3) is 0 Å². The molecule has 0 bridgehead atoms. The van der Waals surface area contributed by atoms with Gasteiger partial charge in [0.2, 0.25) is 5.91 Å². The molecule has 0 heterocycles. The number of hydrogen-bond donors (Lipinski definition) is 2. The average Bonchev–Trinajstić information content (AvgIpc) is 2.26. The summed E-state index contributed by atoms with van der Waals surface area (Å²) in [6.07, 6.45) is 0.941. The van der Waals surface area contributed by atoms with Crippen molar-refractivity contribution >= 4 is 22.7 Å². The van der Waals surface area contributed by atoms with E-state index in [1.807, 2.05) is 0 Å². The van der Waals surface area contributed by atoms with E-state index >= 15 is 0 Å². The van der Waals surface area contributed by atoms with Crippen LogP contribution in [0, 0.1) is 5.92 Å². The van der Waals surface area contributed by atoms with Crippen molar-refractivity contribution in [3.8, 4) is 0 Å². The fourth-order valence-corrected chi connectivity index (χ4v) is 2.33. The zero-order valence-electron chi connectivity index (χ0n) is 11.7. The van der Waals surface area contributed by atoms with Crippen LogP contribution in [0.15, 0.2) is 0 Å². The molecule has 1 unspecified atom stereocenters. The van der Waals surface area contributed by atoms with Crippen LogP contribution in [0.5, 0.6) is 0 Å². The lowest BCUT2D eigenvalue weighted by molar-refractivity contribution is -0.140. The highest BCUT2D eigenvalue weighted by atomic mass is 32.2. The van der Waals surface area contributed by atoms with Gasteiger partial charge in [-0.15, -0.1) is 0 Å². The van der Waals surface area contributed by atoms with Gasteiger partial charge < -0.3 is 15.2 Å². The van der Waals surface area contributed by atoms with Gasteiger partial charge in [-0.25, -0.2) is 4.79 Å². The quantitative estimate of drug-likeness (QED) is 0.568. The summed E-state index contributed by atoms with van der Waals surface area (Å²) in [5.41, 5.74) is 0. The molecule has 112 valence electrons. The molecular weight excluding hydrogens is 270 g/mol. The molecule has 0 aliphatic heterocycles. The van der Waals surface area contributed by atoms with Crippen molar-refractivity contribution in [3.05, 3.63) is 0 Å². The summed E-state index contributed by atoms with van der Waals surface area (Å²) >= 11 is 0. The van der Waals surface area contributed by atoms with Crippen molar-refractivity contribution in [1.82, 2.24) is 5.32 Å². The van der Waals surface area contributed by atoms with E-state index in [1.165, 1.54) is 6.92 Å². The minimum Gasteiger partial charge on any atom is -0.480 e. The molecule has 2 N–H and O–H groups in total. The summed E-state index contributed by atoms with van der Waals surface area (Å²) in [5.74, 6) is -0.882. The Bertz CT molecular complexity index is 319.